The lowest BCUT2D eigenvalue weighted by Gasteiger charge is -2.16. The first kappa shape index (κ1) is 18.1. The molecule has 0 radical (unpaired) electrons. The molecule has 2 aromatic carbocycles. The second kappa shape index (κ2) is 8.01. The highest BCUT2D eigenvalue weighted by atomic mass is 79.9. The Hall–Kier alpha value is -2.28. The van der Waals surface area contributed by atoms with Crippen LogP contribution in [0, 0.1) is 11.6 Å². The SMILES string of the molecule is NC(=O)[C@H](Cc1ccc(Br)cc1)NC(=O)Cc1cc(F)cc(F)c1. The van der Waals surface area contributed by atoms with Crippen LogP contribution in [0.15, 0.2) is 46.9 Å². The third-order valence-electron chi connectivity index (χ3n) is 3.32. The Bertz CT molecular complexity index is 731. The van der Waals surface area contributed by atoms with Gasteiger partial charge in [0.2, 0.25) is 11.8 Å². The van der Waals surface area contributed by atoms with Gasteiger partial charge in [0.1, 0.15) is 17.7 Å². The molecule has 126 valence electrons. The van der Waals surface area contributed by atoms with Crippen molar-refractivity contribution in [3.8, 4) is 0 Å². The van der Waals surface area contributed by atoms with Crippen molar-refractivity contribution in [3.05, 3.63) is 69.7 Å². The molecule has 0 saturated heterocycles. The van der Waals surface area contributed by atoms with Crippen molar-refractivity contribution in [2.24, 2.45) is 5.73 Å². The molecule has 4 nitrogen and oxygen atoms in total. The summed E-state index contributed by atoms with van der Waals surface area (Å²) in [6, 6.07) is 9.17. The van der Waals surface area contributed by atoms with Gasteiger partial charge in [0.25, 0.3) is 0 Å². The van der Waals surface area contributed by atoms with Gasteiger partial charge < -0.3 is 11.1 Å². The van der Waals surface area contributed by atoms with E-state index in [1.54, 1.807) is 12.1 Å². The Balaban J connectivity index is 2.02. The minimum atomic E-state index is -0.905. The van der Waals surface area contributed by atoms with E-state index in [0.717, 1.165) is 28.2 Å². The third kappa shape index (κ3) is 5.42. The van der Waals surface area contributed by atoms with Crippen LogP contribution in [0.2, 0.25) is 0 Å². The van der Waals surface area contributed by atoms with E-state index < -0.39 is 29.5 Å². The van der Waals surface area contributed by atoms with Gasteiger partial charge in [0.05, 0.1) is 6.42 Å². The normalized spacial score (nSPS) is 11.8. The van der Waals surface area contributed by atoms with Gasteiger partial charge in [-0.05, 0) is 35.4 Å². The molecule has 2 aromatic rings. The van der Waals surface area contributed by atoms with Gasteiger partial charge in [-0.15, -0.1) is 0 Å². The van der Waals surface area contributed by atoms with Crippen molar-refractivity contribution in [2.45, 2.75) is 18.9 Å². The number of nitrogens with two attached hydrogens (primary N) is 1. The van der Waals surface area contributed by atoms with Crippen molar-refractivity contribution in [1.29, 1.82) is 0 Å². The van der Waals surface area contributed by atoms with E-state index in [0.29, 0.717) is 0 Å². The fraction of sp³-hybridized carbons (Fsp3) is 0.176. The van der Waals surface area contributed by atoms with Gasteiger partial charge in [0.15, 0.2) is 0 Å². The van der Waals surface area contributed by atoms with Gasteiger partial charge in [-0.1, -0.05) is 28.1 Å². The van der Waals surface area contributed by atoms with Crippen LogP contribution >= 0.6 is 15.9 Å². The lowest BCUT2D eigenvalue weighted by Crippen LogP contribution is -2.46. The maximum atomic E-state index is 13.1. The van der Waals surface area contributed by atoms with E-state index in [4.69, 9.17) is 5.73 Å². The zero-order chi connectivity index (χ0) is 17.7. The maximum Gasteiger partial charge on any atom is 0.240 e. The number of rotatable bonds is 6. The number of carbonyl (C=O) groups excluding carboxylic acids is 2. The molecule has 0 heterocycles. The summed E-state index contributed by atoms with van der Waals surface area (Å²) in [6.45, 7) is 0. The first-order valence-corrected chi connectivity index (χ1v) is 7.91. The number of amides is 2. The summed E-state index contributed by atoms with van der Waals surface area (Å²) in [5.74, 6) is -2.75. The average molecular weight is 397 g/mol. The number of primary amides is 1. The molecule has 0 aromatic heterocycles. The predicted octanol–water partition coefficient (Wildman–Crippen LogP) is 2.48. The van der Waals surface area contributed by atoms with E-state index >= 15 is 0 Å². The van der Waals surface area contributed by atoms with Gasteiger partial charge in [-0.2, -0.15) is 0 Å². The van der Waals surface area contributed by atoms with E-state index in [9.17, 15) is 18.4 Å². The molecule has 0 aliphatic rings. The van der Waals surface area contributed by atoms with Gasteiger partial charge in [-0.3, -0.25) is 9.59 Å². The third-order valence-corrected chi connectivity index (χ3v) is 3.85. The molecule has 2 amide bonds. The quantitative estimate of drug-likeness (QED) is 0.786. The van der Waals surface area contributed by atoms with Gasteiger partial charge >= 0.3 is 0 Å². The minimum Gasteiger partial charge on any atom is -0.368 e. The molecular weight excluding hydrogens is 382 g/mol. The van der Waals surface area contributed by atoms with E-state index in [-0.39, 0.29) is 18.4 Å². The topological polar surface area (TPSA) is 72.2 Å². The highest BCUT2D eigenvalue weighted by Crippen LogP contribution is 2.12. The largest absolute Gasteiger partial charge is 0.368 e. The standard InChI is InChI=1S/C17H15BrF2N2O2/c18-12-3-1-10(2-4-12)7-15(17(21)24)22-16(23)8-11-5-13(19)9-14(20)6-11/h1-6,9,15H,7-8H2,(H2,21,24)(H,22,23)/t15-/m0/s1. The fourth-order valence-corrected chi connectivity index (χ4v) is 2.49. The Kier molecular flexibility index (Phi) is 6.03. The second-order valence-electron chi connectivity index (χ2n) is 5.31. The summed E-state index contributed by atoms with van der Waals surface area (Å²) in [5, 5.41) is 2.50. The molecule has 1 atom stereocenters. The minimum absolute atomic E-state index is 0.178. The molecule has 2 rings (SSSR count). The van der Waals surface area contributed by atoms with Gasteiger partial charge in [0, 0.05) is 17.0 Å². The smallest absolute Gasteiger partial charge is 0.240 e. The lowest BCUT2D eigenvalue weighted by molar-refractivity contribution is -0.127. The van der Waals surface area contributed by atoms with Crippen LogP contribution in [0.4, 0.5) is 8.78 Å². The zero-order valence-corrected chi connectivity index (χ0v) is 14.1. The monoisotopic (exact) mass is 396 g/mol. The molecule has 0 bridgehead atoms. The molecule has 0 unspecified atom stereocenters. The van der Waals surface area contributed by atoms with Crippen molar-refractivity contribution < 1.29 is 18.4 Å². The summed E-state index contributed by atoms with van der Waals surface area (Å²) < 4.78 is 27.2. The molecule has 0 fully saturated rings. The summed E-state index contributed by atoms with van der Waals surface area (Å²) in [6.07, 6.45) is -0.0232. The van der Waals surface area contributed by atoms with Crippen LogP contribution in [0.3, 0.4) is 0 Å². The highest BCUT2D eigenvalue weighted by Gasteiger charge is 2.19. The molecule has 0 saturated carbocycles. The number of hydrogen-bond donors (Lipinski definition) is 2. The Morgan fingerprint density at radius 3 is 2.17 bits per heavy atom. The van der Waals surface area contributed by atoms with Crippen LogP contribution in [-0.4, -0.2) is 17.9 Å². The molecule has 7 heteroatoms. The Morgan fingerprint density at radius 2 is 1.62 bits per heavy atom. The molecule has 0 aliphatic heterocycles. The lowest BCUT2D eigenvalue weighted by atomic mass is 10.0. The van der Waals surface area contributed by atoms with E-state index in [1.165, 1.54) is 0 Å². The predicted molar refractivity (Wildman–Crippen MR) is 89.0 cm³/mol. The molecule has 24 heavy (non-hydrogen) atoms. The zero-order valence-electron chi connectivity index (χ0n) is 12.6. The maximum absolute atomic E-state index is 13.1. The van der Waals surface area contributed by atoms with Gasteiger partial charge in [-0.25, -0.2) is 8.78 Å². The molecule has 0 spiro atoms. The number of benzene rings is 2. The first-order chi connectivity index (χ1) is 11.3. The van der Waals surface area contributed by atoms with Crippen LogP contribution in [0.1, 0.15) is 11.1 Å². The van der Waals surface area contributed by atoms with Crippen LogP contribution in [-0.2, 0) is 22.4 Å². The number of hydrogen-bond acceptors (Lipinski definition) is 2. The van der Waals surface area contributed by atoms with Crippen LogP contribution < -0.4 is 11.1 Å². The second-order valence-corrected chi connectivity index (χ2v) is 6.22. The van der Waals surface area contributed by atoms with Crippen molar-refractivity contribution >= 4 is 27.7 Å². The van der Waals surface area contributed by atoms with E-state index in [1.807, 2.05) is 12.1 Å². The average Bonchev–Trinajstić information content (AvgIpc) is 2.47. The summed E-state index contributed by atoms with van der Waals surface area (Å²) in [4.78, 5) is 23.6. The first-order valence-electron chi connectivity index (χ1n) is 7.11. The Labute approximate surface area is 146 Å². The molecule has 0 aliphatic carbocycles. The number of carbonyl (C=O) groups is 2. The summed E-state index contributed by atoms with van der Waals surface area (Å²) in [5.41, 5.74) is 6.32. The Morgan fingerprint density at radius 1 is 1.04 bits per heavy atom. The van der Waals surface area contributed by atoms with Crippen molar-refractivity contribution in [1.82, 2.24) is 5.32 Å². The molecular formula is C17H15BrF2N2O2. The summed E-state index contributed by atoms with van der Waals surface area (Å²) in [7, 11) is 0. The highest BCUT2D eigenvalue weighted by molar-refractivity contribution is 9.10. The van der Waals surface area contributed by atoms with Crippen LogP contribution in [0.5, 0.6) is 0 Å². The van der Waals surface area contributed by atoms with Crippen molar-refractivity contribution in [2.75, 3.05) is 0 Å². The fourth-order valence-electron chi connectivity index (χ4n) is 2.22. The number of halogens is 3. The molecule has 3 N–H and O–H groups in total. The van der Waals surface area contributed by atoms with E-state index in [2.05, 4.69) is 21.2 Å². The van der Waals surface area contributed by atoms with Crippen molar-refractivity contribution in [3.63, 3.8) is 0 Å². The summed E-state index contributed by atoms with van der Waals surface area (Å²) >= 11 is 3.31. The number of nitrogens with one attached hydrogen (secondary N) is 1. The van der Waals surface area contributed by atoms with Crippen LogP contribution in [0.25, 0.3) is 0 Å².